The van der Waals surface area contributed by atoms with Gasteiger partial charge in [0.2, 0.25) is 10.0 Å². The third-order valence-electron chi connectivity index (χ3n) is 7.33. The van der Waals surface area contributed by atoms with Crippen molar-refractivity contribution in [2.24, 2.45) is 13.0 Å². The summed E-state index contributed by atoms with van der Waals surface area (Å²) in [5, 5.41) is 3.20. The lowest BCUT2D eigenvalue weighted by atomic mass is 9.85. The summed E-state index contributed by atoms with van der Waals surface area (Å²) in [6, 6.07) is 7.44. The number of rotatable bonds is 7. The second-order valence-corrected chi connectivity index (χ2v) is 14.0. The number of hydrogen-bond donors (Lipinski definition) is 2. The van der Waals surface area contributed by atoms with Crippen LogP contribution in [0.5, 0.6) is 0 Å². The summed E-state index contributed by atoms with van der Waals surface area (Å²) in [5.74, 6) is 0.518. The fourth-order valence-electron chi connectivity index (χ4n) is 5.47. The SMILES string of the molecule is Cn1c(C(=O)NC2CCOCC2)cc(-c2ccc(S(=O)(=O)NC(C)(C)C)c(Br)c2)c1CC1CCCCC1. The molecule has 2 fully saturated rings. The largest absolute Gasteiger partial charge is 0.381 e. The molecule has 2 aromatic rings. The van der Waals surface area contributed by atoms with E-state index in [1.807, 2.05) is 50.6 Å². The Labute approximate surface area is 229 Å². The molecular formula is C28H40BrN3O4S. The second kappa shape index (κ2) is 11.6. The Morgan fingerprint density at radius 2 is 1.76 bits per heavy atom. The topological polar surface area (TPSA) is 89.4 Å². The molecule has 37 heavy (non-hydrogen) atoms. The monoisotopic (exact) mass is 593 g/mol. The predicted molar refractivity (Wildman–Crippen MR) is 150 cm³/mol. The molecule has 1 saturated heterocycles. The van der Waals surface area contributed by atoms with Crippen molar-refractivity contribution >= 4 is 31.9 Å². The number of ether oxygens (including phenoxy) is 1. The molecule has 1 aromatic carbocycles. The van der Waals surface area contributed by atoms with Gasteiger partial charge in [0.1, 0.15) is 5.69 Å². The van der Waals surface area contributed by atoms with Gasteiger partial charge in [0.05, 0.1) is 4.90 Å². The summed E-state index contributed by atoms with van der Waals surface area (Å²) >= 11 is 3.51. The van der Waals surface area contributed by atoms with E-state index in [-0.39, 0.29) is 16.8 Å². The molecule has 0 unspecified atom stereocenters. The van der Waals surface area contributed by atoms with Gasteiger partial charge in [0.15, 0.2) is 0 Å². The fourth-order valence-corrected chi connectivity index (χ4v) is 7.97. The molecule has 2 aliphatic rings. The third-order valence-corrected chi connectivity index (χ3v) is 10.1. The number of hydrogen-bond acceptors (Lipinski definition) is 4. The molecule has 1 amide bonds. The van der Waals surface area contributed by atoms with Crippen LogP contribution in [0.15, 0.2) is 33.6 Å². The molecule has 4 rings (SSSR count). The van der Waals surface area contributed by atoms with Crippen molar-refractivity contribution in [3.05, 3.63) is 40.1 Å². The molecule has 2 heterocycles. The van der Waals surface area contributed by atoms with E-state index in [9.17, 15) is 13.2 Å². The molecule has 2 N–H and O–H groups in total. The highest BCUT2D eigenvalue weighted by Crippen LogP contribution is 2.36. The molecule has 1 aliphatic carbocycles. The lowest BCUT2D eigenvalue weighted by Gasteiger charge is -2.24. The van der Waals surface area contributed by atoms with Crippen molar-refractivity contribution < 1.29 is 17.9 Å². The number of aromatic nitrogens is 1. The Bertz CT molecular complexity index is 1220. The summed E-state index contributed by atoms with van der Waals surface area (Å²) in [5.41, 5.74) is 3.05. The van der Waals surface area contributed by atoms with Gasteiger partial charge in [-0.3, -0.25) is 4.79 Å². The molecule has 1 saturated carbocycles. The van der Waals surface area contributed by atoms with E-state index in [4.69, 9.17) is 4.74 Å². The second-order valence-electron chi connectivity index (χ2n) is 11.5. The standard InChI is InChI=1S/C28H40BrN3O4S/c1-28(2,3)31-37(34,35)26-11-10-20(17-23(26)29)22-18-25(27(33)30-21-12-14-36-15-13-21)32(4)24(22)16-19-8-6-5-7-9-19/h10-11,17-19,21,31H,5-9,12-16H2,1-4H3,(H,30,33). The van der Waals surface area contributed by atoms with Crippen LogP contribution in [-0.4, -0.2) is 43.7 Å². The first-order chi connectivity index (χ1) is 17.4. The summed E-state index contributed by atoms with van der Waals surface area (Å²) < 4.78 is 36.7. The number of sulfonamides is 1. The molecule has 0 spiro atoms. The maximum absolute atomic E-state index is 13.3. The van der Waals surface area contributed by atoms with Crippen LogP contribution >= 0.6 is 15.9 Å². The van der Waals surface area contributed by atoms with Gasteiger partial charge >= 0.3 is 0 Å². The van der Waals surface area contributed by atoms with Crippen molar-refractivity contribution in [3.8, 4) is 11.1 Å². The first-order valence-corrected chi connectivity index (χ1v) is 15.6. The summed E-state index contributed by atoms with van der Waals surface area (Å²) in [7, 11) is -1.72. The van der Waals surface area contributed by atoms with E-state index < -0.39 is 15.6 Å². The van der Waals surface area contributed by atoms with Crippen molar-refractivity contribution in [2.75, 3.05) is 13.2 Å². The van der Waals surface area contributed by atoms with Crippen LogP contribution < -0.4 is 10.0 Å². The van der Waals surface area contributed by atoms with Crippen LogP contribution in [0.2, 0.25) is 0 Å². The molecule has 0 radical (unpaired) electrons. The molecule has 1 aliphatic heterocycles. The van der Waals surface area contributed by atoms with Crippen molar-refractivity contribution in [3.63, 3.8) is 0 Å². The zero-order valence-corrected chi connectivity index (χ0v) is 24.8. The average molecular weight is 595 g/mol. The van der Waals surface area contributed by atoms with E-state index in [1.165, 1.54) is 32.1 Å². The first kappa shape index (κ1) is 28.3. The summed E-state index contributed by atoms with van der Waals surface area (Å²) in [4.78, 5) is 13.5. The zero-order valence-electron chi connectivity index (χ0n) is 22.4. The highest BCUT2D eigenvalue weighted by atomic mass is 79.9. The molecule has 9 heteroatoms. The van der Waals surface area contributed by atoms with Gasteiger partial charge in [-0.2, -0.15) is 0 Å². The van der Waals surface area contributed by atoms with Crippen LogP contribution in [0.25, 0.3) is 11.1 Å². The Hall–Kier alpha value is -1.68. The quantitative estimate of drug-likeness (QED) is 0.439. The number of nitrogens with zero attached hydrogens (tertiary/aromatic N) is 1. The van der Waals surface area contributed by atoms with Crippen LogP contribution in [0.3, 0.4) is 0 Å². The van der Waals surface area contributed by atoms with E-state index in [0.717, 1.165) is 36.1 Å². The minimum atomic E-state index is -3.69. The lowest BCUT2D eigenvalue weighted by Crippen LogP contribution is -2.40. The average Bonchev–Trinajstić information content (AvgIpc) is 3.14. The van der Waals surface area contributed by atoms with Crippen LogP contribution in [0, 0.1) is 5.92 Å². The maximum atomic E-state index is 13.3. The van der Waals surface area contributed by atoms with Gasteiger partial charge in [0.25, 0.3) is 5.91 Å². The normalized spacial score (nSPS) is 18.2. The minimum absolute atomic E-state index is 0.0711. The fraction of sp³-hybridized carbons (Fsp3) is 0.607. The van der Waals surface area contributed by atoms with Gasteiger partial charge in [-0.05, 0) is 85.6 Å². The summed E-state index contributed by atoms with van der Waals surface area (Å²) in [6.07, 6.45) is 8.75. The Morgan fingerprint density at radius 3 is 2.38 bits per heavy atom. The van der Waals surface area contributed by atoms with Crippen LogP contribution in [-0.2, 0) is 28.2 Å². The third kappa shape index (κ3) is 7.05. The Balaban J connectivity index is 1.69. The predicted octanol–water partition coefficient (Wildman–Crippen LogP) is 5.56. The first-order valence-electron chi connectivity index (χ1n) is 13.4. The smallest absolute Gasteiger partial charge is 0.268 e. The maximum Gasteiger partial charge on any atom is 0.268 e. The number of halogens is 1. The molecule has 1 aromatic heterocycles. The van der Waals surface area contributed by atoms with Gasteiger partial charge in [-0.15, -0.1) is 0 Å². The zero-order chi connectivity index (χ0) is 26.8. The Morgan fingerprint density at radius 1 is 1.08 bits per heavy atom. The van der Waals surface area contributed by atoms with Crippen LogP contribution in [0.1, 0.15) is 81.9 Å². The molecule has 204 valence electrons. The van der Waals surface area contributed by atoms with Crippen LogP contribution in [0.4, 0.5) is 0 Å². The molecule has 0 bridgehead atoms. The number of carbonyl (C=O) groups excluding carboxylic acids is 1. The van der Waals surface area contributed by atoms with Gasteiger partial charge in [-0.1, -0.05) is 38.2 Å². The number of nitrogens with one attached hydrogen (secondary N) is 2. The number of benzene rings is 1. The van der Waals surface area contributed by atoms with E-state index in [0.29, 0.717) is 29.3 Å². The van der Waals surface area contributed by atoms with Gasteiger partial charge in [0, 0.05) is 47.6 Å². The molecule has 0 atom stereocenters. The highest BCUT2D eigenvalue weighted by molar-refractivity contribution is 9.10. The van der Waals surface area contributed by atoms with Gasteiger partial charge in [-0.25, -0.2) is 13.1 Å². The molecular weight excluding hydrogens is 554 g/mol. The highest BCUT2D eigenvalue weighted by Gasteiger charge is 2.27. The molecule has 7 nitrogen and oxygen atoms in total. The van der Waals surface area contributed by atoms with Crippen molar-refractivity contribution in [2.45, 2.75) is 88.6 Å². The lowest BCUT2D eigenvalue weighted by molar-refractivity contribution is 0.0692. The minimum Gasteiger partial charge on any atom is -0.381 e. The summed E-state index contributed by atoms with van der Waals surface area (Å²) in [6.45, 7) is 6.80. The number of carbonyl (C=O) groups is 1. The van der Waals surface area contributed by atoms with Crippen molar-refractivity contribution in [1.29, 1.82) is 0 Å². The number of amides is 1. The van der Waals surface area contributed by atoms with Crippen molar-refractivity contribution in [1.82, 2.24) is 14.6 Å². The van der Waals surface area contributed by atoms with E-state index in [1.54, 1.807) is 6.07 Å². The van der Waals surface area contributed by atoms with E-state index >= 15 is 0 Å². The van der Waals surface area contributed by atoms with Gasteiger partial charge < -0.3 is 14.6 Å². The van der Waals surface area contributed by atoms with E-state index in [2.05, 4.69) is 26.0 Å². The Kier molecular flexibility index (Phi) is 8.88.